The predicted molar refractivity (Wildman–Crippen MR) is 194 cm³/mol. The number of rotatable bonds is 10. The summed E-state index contributed by atoms with van der Waals surface area (Å²) in [5.41, 5.74) is 5.83. The molecule has 3 heterocycles. The fraction of sp³-hybridized carbons (Fsp3) is 0.350. The summed E-state index contributed by atoms with van der Waals surface area (Å²) in [5.74, 6) is 1.34. The number of benzene rings is 2. The highest BCUT2D eigenvalue weighted by atomic mass is 16.5. The molecular formula is C40H45N5O3. The van der Waals surface area contributed by atoms with Gasteiger partial charge >= 0.3 is 6.03 Å². The molecule has 0 spiro atoms. The van der Waals surface area contributed by atoms with Crippen molar-refractivity contribution in [1.29, 1.82) is 0 Å². The number of anilines is 2. The summed E-state index contributed by atoms with van der Waals surface area (Å²) >= 11 is 0. The minimum Gasteiger partial charge on any atom is -0.489 e. The lowest BCUT2D eigenvalue weighted by Crippen LogP contribution is -2.42. The van der Waals surface area contributed by atoms with E-state index >= 15 is 0 Å². The fourth-order valence-electron chi connectivity index (χ4n) is 6.82. The van der Waals surface area contributed by atoms with Gasteiger partial charge in [0.05, 0.1) is 0 Å². The number of H-pyrrole nitrogens is 1. The molecule has 0 atom stereocenters. The van der Waals surface area contributed by atoms with E-state index in [4.69, 9.17) is 4.74 Å². The van der Waals surface area contributed by atoms with Crippen molar-refractivity contribution in [2.24, 2.45) is 5.92 Å². The van der Waals surface area contributed by atoms with E-state index in [1.165, 1.54) is 6.42 Å². The number of aromatic amines is 1. The number of urea groups is 1. The summed E-state index contributed by atoms with van der Waals surface area (Å²) in [6, 6.07) is 21.3. The molecule has 1 fully saturated rings. The van der Waals surface area contributed by atoms with Crippen molar-refractivity contribution in [3.63, 3.8) is 0 Å². The van der Waals surface area contributed by atoms with E-state index in [1.54, 1.807) is 23.5 Å². The Bertz CT molecular complexity index is 1900. The van der Waals surface area contributed by atoms with Gasteiger partial charge in [0.25, 0.3) is 5.56 Å². The predicted octanol–water partition coefficient (Wildman–Crippen LogP) is 9.43. The maximum Gasteiger partial charge on any atom is 0.326 e. The monoisotopic (exact) mass is 643 g/mol. The topological polar surface area (TPSA) is 100 Å². The quantitative estimate of drug-likeness (QED) is 0.158. The van der Waals surface area contributed by atoms with Crippen LogP contribution in [0.25, 0.3) is 22.2 Å². The highest BCUT2D eigenvalue weighted by molar-refractivity contribution is 6.09. The third-order valence-electron chi connectivity index (χ3n) is 9.32. The molecule has 0 saturated heterocycles. The van der Waals surface area contributed by atoms with Crippen molar-refractivity contribution >= 4 is 28.4 Å². The lowest BCUT2D eigenvalue weighted by molar-refractivity contribution is 0.254. The number of para-hydroxylation sites is 1. The van der Waals surface area contributed by atoms with Crippen LogP contribution in [0.4, 0.5) is 16.2 Å². The van der Waals surface area contributed by atoms with Crippen LogP contribution in [0.15, 0.2) is 90.1 Å². The smallest absolute Gasteiger partial charge is 0.326 e. The first-order chi connectivity index (χ1) is 23.3. The van der Waals surface area contributed by atoms with E-state index in [9.17, 15) is 9.59 Å². The van der Waals surface area contributed by atoms with E-state index in [-0.39, 0.29) is 29.3 Å². The number of carbonyl (C=O) groups excluding carboxylic acids is 1. The Morgan fingerprint density at radius 1 is 0.917 bits per heavy atom. The van der Waals surface area contributed by atoms with Crippen LogP contribution in [-0.2, 0) is 6.61 Å². The number of ether oxygens (including phenoxy) is 1. The average molecular weight is 644 g/mol. The average Bonchev–Trinajstić information content (AvgIpc) is 3.10. The van der Waals surface area contributed by atoms with E-state index in [1.807, 2.05) is 48.5 Å². The number of hydrogen-bond acceptors (Lipinski definition) is 5. The second-order valence-corrected chi connectivity index (χ2v) is 13.4. The third kappa shape index (κ3) is 7.28. The van der Waals surface area contributed by atoms with Gasteiger partial charge in [-0.05, 0) is 89.2 Å². The summed E-state index contributed by atoms with van der Waals surface area (Å²) in [6.07, 6.45) is 10.6. The van der Waals surface area contributed by atoms with E-state index in [0.29, 0.717) is 35.8 Å². The van der Waals surface area contributed by atoms with Crippen molar-refractivity contribution in [2.75, 3.05) is 16.8 Å². The standard InChI is InChI=1S/C40H45N5O3/c1-26(2)32-15-9-16-33(27(3)4)36(32)43-40(47)45(24-28-11-6-5-7-12-28)37-35(34-17-10-20-42-38(34)44-39(37)46)30-13-8-14-31(23-30)48-25-29-18-21-41-22-19-29/h8-10,13-23,26-28H,5-7,11-12,24-25H2,1-4H3,(H,43,47)(H,42,44,46). The highest BCUT2D eigenvalue weighted by Crippen LogP contribution is 2.38. The zero-order chi connectivity index (χ0) is 33.6. The zero-order valence-corrected chi connectivity index (χ0v) is 28.3. The van der Waals surface area contributed by atoms with E-state index in [2.05, 4.69) is 66.2 Å². The summed E-state index contributed by atoms with van der Waals surface area (Å²) < 4.78 is 6.19. The molecule has 1 aliphatic rings. The van der Waals surface area contributed by atoms with Gasteiger partial charge < -0.3 is 15.0 Å². The van der Waals surface area contributed by atoms with E-state index < -0.39 is 0 Å². The maximum atomic E-state index is 14.8. The number of amides is 2. The second kappa shape index (κ2) is 14.8. The molecule has 3 aromatic heterocycles. The molecule has 48 heavy (non-hydrogen) atoms. The van der Waals surface area contributed by atoms with Crippen molar-refractivity contribution in [3.05, 3.63) is 112 Å². The summed E-state index contributed by atoms with van der Waals surface area (Å²) in [4.78, 5) is 42.3. The van der Waals surface area contributed by atoms with Crippen LogP contribution in [-0.4, -0.2) is 27.5 Å². The third-order valence-corrected chi connectivity index (χ3v) is 9.32. The molecule has 0 radical (unpaired) electrons. The Kier molecular flexibility index (Phi) is 10.2. The number of nitrogens with one attached hydrogen (secondary N) is 2. The Balaban J connectivity index is 1.49. The normalized spacial score (nSPS) is 13.6. The molecule has 8 heteroatoms. The van der Waals surface area contributed by atoms with Gasteiger partial charge in [0.2, 0.25) is 0 Å². The molecule has 1 aliphatic carbocycles. The van der Waals surface area contributed by atoms with Crippen LogP contribution in [0, 0.1) is 5.92 Å². The first-order valence-corrected chi connectivity index (χ1v) is 17.1. The number of aromatic nitrogens is 3. The van der Waals surface area contributed by atoms with Gasteiger partial charge in [-0.25, -0.2) is 9.78 Å². The molecule has 2 amide bonds. The number of hydrogen-bond donors (Lipinski definition) is 2. The summed E-state index contributed by atoms with van der Waals surface area (Å²) in [7, 11) is 0. The molecule has 6 rings (SSSR count). The molecule has 8 nitrogen and oxygen atoms in total. The van der Waals surface area contributed by atoms with Gasteiger partial charge in [-0.1, -0.05) is 77.3 Å². The van der Waals surface area contributed by atoms with Crippen LogP contribution < -0.4 is 20.5 Å². The van der Waals surface area contributed by atoms with Gasteiger partial charge in [-0.3, -0.25) is 14.7 Å². The first kappa shape index (κ1) is 32.9. The minimum atomic E-state index is -0.355. The van der Waals surface area contributed by atoms with Crippen molar-refractivity contribution in [3.8, 4) is 16.9 Å². The number of fused-ring (bicyclic) bond motifs is 1. The van der Waals surface area contributed by atoms with Gasteiger partial charge in [0.1, 0.15) is 23.7 Å². The van der Waals surface area contributed by atoms with Gasteiger partial charge in [0.15, 0.2) is 0 Å². The van der Waals surface area contributed by atoms with Crippen LogP contribution in [0.1, 0.15) is 88.3 Å². The van der Waals surface area contributed by atoms with Crippen LogP contribution >= 0.6 is 0 Å². The molecular weight excluding hydrogens is 598 g/mol. The Morgan fingerprint density at radius 3 is 2.33 bits per heavy atom. The van der Waals surface area contributed by atoms with E-state index in [0.717, 1.165) is 59.0 Å². The van der Waals surface area contributed by atoms with Crippen LogP contribution in [0.2, 0.25) is 0 Å². The van der Waals surface area contributed by atoms with Crippen LogP contribution in [0.3, 0.4) is 0 Å². The maximum absolute atomic E-state index is 14.8. The molecule has 248 valence electrons. The molecule has 0 bridgehead atoms. The Morgan fingerprint density at radius 2 is 1.62 bits per heavy atom. The largest absolute Gasteiger partial charge is 0.489 e. The molecule has 2 aromatic carbocycles. The fourth-order valence-corrected chi connectivity index (χ4v) is 6.82. The minimum absolute atomic E-state index is 0.200. The van der Waals surface area contributed by atoms with Crippen molar-refractivity contribution < 1.29 is 9.53 Å². The van der Waals surface area contributed by atoms with Gasteiger partial charge in [-0.2, -0.15) is 0 Å². The van der Waals surface area contributed by atoms with Gasteiger partial charge in [0, 0.05) is 41.8 Å². The van der Waals surface area contributed by atoms with Crippen molar-refractivity contribution in [1.82, 2.24) is 15.0 Å². The Hall–Kier alpha value is -4.98. The first-order valence-electron chi connectivity index (χ1n) is 17.1. The summed E-state index contributed by atoms with van der Waals surface area (Å²) in [5, 5.41) is 4.08. The zero-order valence-electron chi connectivity index (χ0n) is 28.3. The summed E-state index contributed by atoms with van der Waals surface area (Å²) in [6.45, 7) is 9.36. The number of pyridine rings is 3. The SMILES string of the molecule is CC(C)c1cccc(C(C)C)c1NC(=O)N(CC1CCCCC1)c1c(-c2cccc(OCc3ccncc3)c2)c2cccnc2[nH]c1=O. The van der Waals surface area contributed by atoms with Crippen LogP contribution in [0.5, 0.6) is 5.75 Å². The van der Waals surface area contributed by atoms with Crippen molar-refractivity contribution in [2.45, 2.75) is 78.2 Å². The molecule has 0 aliphatic heterocycles. The Labute approximate surface area is 282 Å². The number of nitrogens with zero attached hydrogens (tertiary/aromatic N) is 3. The molecule has 5 aromatic rings. The highest BCUT2D eigenvalue weighted by Gasteiger charge is 2.30. The molecule has 2 N–H and O–H groups in total. The van der Waals surface area contributed by atoms with Gasteiger partial charge in [-0.15, -0.1) is 0 Å². The lowest BCUT2D eigenvalue weighted by Gasteiger charge is -2.32. The lowest BCUT2D eigenvalue weighted by atomic mass is 9.88. The number of carbonyl (C=O) groups is 1. The second-order valence-electron chi connectivity index (χ2n) is 13.4. The molecule has 0 unspecified atom stereocenters. The molecule has 1 saturated carbocycles.